The largest absolute Gasteiger partial charge is 0.444 e. The van der Waals surface area contributed by atoms with Gasteiger partial charge < -0.3 is 18.5 Å². The number of carbonyl (C=O) groups excluding carboxylic acids is 2. The van der Waals surface area contributed by atoms with Gasteiger partial charge in [0.05, 0.1) is 19.4 Å². The summed E-state index contributed by atoms with van der Waals surface area (Å²) in [5, 5.41) is 0.857. The summed E-state index contributed by atoms with van der Waals surface area (Å²) in [5.41, 5.74) is 2.18. The lowest BCUT2D eigenvalue weighted by atomic mass is 10.2. The number of hydrazine groups is 1. The number of hydrogen-bond acceptors (Lipinski definition) is 7. The Morgan fingerprint density at radius 1 is 1.32 bits per heavy atom. The zero-order valence-corrected chi connectivity index (χ0v) is 17.0. The Labute approximate surface area is 160 Å². The molecule has 9 nitrogen and oxygen atoms in total. The molecule has 1 N–H and O–H groups in total. The first kappa shape index (κ1) is 22.6. The van der Waals surface area contributed by atoms with Crippen LogP contribution in [0.25, 0.3) is 0 Å². The summed E-state index contributed by atoms with van der Waals surface area (Å²) in [6, 6.07) is -0.795. The molecule has 2 amide bonds. The highest BCUT2D eigenvalue weighted by Gasteiger charge is 2.45. The van der Waals surface area contributed by atoms with Crippen LogP contribution in [0.2, 0.25) is 0 Å². The van der Waals surface area contributed by atoms with E-state index in [1.165, 1.54) is 0 Å². The molecule has 1 heterocycles. The van der Waals surface area contributed by atoms with Crippen molar-refractivity contribution in [2.45, 2.75) is 36.7 Å². The van der Waals surface area contributed by atoms with Gasteiger partial charge in [-0.05, 0) is 20.8 Å². The van der Waals surface area contributed by atoms with Crippen molar-refractivity contribution in [2.75, 3.05) is 26.0 Å². The van der Waals surface area contributed by atoms with Crippen LogP contribution in [0.5, 0.6) is 0 Å². The molecule has 1 fully saturated rings. The Morgan fingerprint density at radius 3 is 2.36 bits per heavy atom. The van der Waals surface area contributed by atoms with E-state index in [2.05, 4.69) is 5.43 Å². The molecule has 0 saturated carbocycles. The molecule has 0 bridgehead atoms. The standard InChI is InChI=1S/C12H20Cl3N2O7P/c1-4-22-25(20,23-5-2)6-9-8(3)24-11(19)17(9)16-10(18)21-7-12(13,14)15/h8-9H,4-7H2,1-3H3,(H,16,18)/t8-,9-/m1/s1. The number of nitrogens with zero attached hydrogens (tertiary/aromatic N) is 1. The lowest BCUT2D eigenvalue weighted by Crippen LogP contribution is -2.50. The molecule has 13 heteroatoms. The van der Waals surface area contributed by atoms with Gasteiger partial charge in [-0.25, -0.2) is 20.0 Å². The second kappa shape index (κ2) is 9.48. The van der Waals surface area contributed by atoms with Crippen molar-refractivity contribution in [3.05, 3.63) is 0 Å². The molecule has 0 aromatic rings. The molecule has 0 aromatic heterocycles. The third-order valence-corrected chi connectivity index (χ3v) is 5.45. The van der Waals surface area contributed by atoms with Crippen LogP contribution in [0, 0.1) is 0 Å². The van der Waals surface area contributed by atoms with Crippen LogP contribution in [0.3, 0.4) is 0 Å². The Hall–Kier alpha value is -0.440. The number of amides is 2. The molecule has 0 unspecified atom stereocenters. The lowest BCUT2D eigenvalue weighted by molar-refractivity contribution is 0.105. The van der Waals surface area contributed by atoms with Crippen molar-refractivity contribution in [1.82, 2.24) is 10.4 Å². The van der Waals surface area contributed by atoms with Crippen LogP contribution in [-0.2, 0) is 23.1 Å². The number of hydrogen-bond donors (Lipinski definition) is 1. The van der Waals surface area contributed by atoms with Crippen molar-refractivity contribution in [1.29, 1.82) is 0 Å². The van der Waals surface area contributed by atoms with Gasteiger partial charge >= 0.3 is 19.8 Å². The summed E-state index contributed by atoms with van der Waals surface area (Å²) >= 11 is 16.4. The first-order valence-electron chi connectivity index (χ1n) is 7.39. The molecule has 1 saturated heterocycles. The third-order valence-electron chi connectivity index (χ3n) is 3.00. The molecule has 0 radical (unpaired) electrons. The minimum Gasteiger partial charge on any atom is -0.444 e. The molecule has 0 aliphatic carbocycles. The molecule has 0 spiro atoms. The van der Waals surface area contributed by atoms with E-state index in [1.807, 2.05) is 0 Å². The third kappa shape index (κ3) is 7.37. The fourth-order valence-electron chi connectivity index (χ4n) is 2.04. The first-order valence-corrected chi connectivity index (χ1v) is 10.3. The molecule has 1 aliphatic heterocycles. The van der Waals surface area contributed by atoms with E-state index in [0.29, 0.717) is 0 Å². The van der Waals surface area contributed by atoms with Crippen LogP contribution in [0.15, 0.2) is 0 Å². The van der Waals surface area contributed by atoms with E-state index in [-0.39, 0.29) is 19.4 Å². The lowest BCUT2D eigenvalue weighted by Gasteiger charge is -2.26. The molecule has 1 rings (SSSR count). The highest BCUT2D eigenvalue weighted by atomic mass is 35.6. The van der Waals surface area contributed by atoms with E-state index >= 15 is 0 Å². The molecule has 0 aromatic carbocycles. The maximum Gasteiger partial charge on any atom is 0.429 e. The number of nitrogens with one attached hydrogen (secondary N) is 1. The molecular weight excluding hydrogens is 421 g/mol. The second-order valence-corrected chi connectivity index (χ2v) is 9.58. The van der Waals surface area contributed by atoms with Crippen LogP contribution in [0.4, 0.5) is 9.59 Å². The quantitative estimate of drug-likeness (QED) is 0.454. The molecule has 1 aliphatic rings. The minimum absolute atomic E-state index is 0.159. The fourth-order valence-corrected chi connectivity index (χ4v) is 4.20. The normalized spacial score (nSPS) is 21.2. The summed E-state index contributed by atoms with van der Waals surface area (Å²) in [6.45, 7) is 4.70. The zero-order chi connectivity index (χ0) is 19.3. The van der Waals surface area contributed by atoms with Crippen LogP contribution < -0.4 is 5.43 Å². The predicted octanol–water partition coefficient (Wildman–Crippen LogP) is 3.47. The molecule has 2 atom stereocenters. The van der Waals surface area contributed by atoms with E-state index in [9.17, 15) is 14.2 Å². The predicted molar refractivity (Wildman–Crippen MR) is 92.1 cm³/mol. The van der Waals surface area contributed by atoms with Gasteiger partial charge in [0.1, 0.15) is 18.8 Å². The summed E-state index contributed by atoms with van der Waals surface area (Å²) in [7, 11) is -3.48. The molecule has 25 heavy (non-hydrogen) atoms. The second-order valence-electron chi connectivity index (χ2n) is 4.96. The first-order chi connectivity index (χ1) is 11.5. The Morgan fingerprint density at radius 2 is 1.88 bits per heavy atom. The van der Waals surface area contributed by atoms with E-state index < -0.39 is 42.3 Å². The maximum atomic E-state index is 12.7. The highest BCUT2D eigenvalue weighted by Crippen LogP contribution is 2.50. The number of alkyl halides is 3. The number of cyclic esters (lactones) is 1. The number of halogens is 3. The van der Waals surface area contributed by atoms with Gasteiger partial charge in [-0.2, -0.15) is 0 Å². The summed E-state index contributed by atoms with van der Waals surface area (Å²) < 4.78 is 31.0. The summed E-state index contributed by atoms with van der Waals surface area (Å²) in [5.74, 6) is 0. The Balaban J connectivity index is 2.80. The Bertz CT molecular complexity index is 521. The van der Waals surface area contributed by atoms with Crippen molar-refractivity contribution < 1.29 is 32.7 Å². The van der Waals surface area contributed by atoms with Crippen molar-refractivity contribution >= 4 is 54.6 Å². The maximum absolute atomic E-state index is 12.7. The smallest absolute Gasteiger partial charge is 0.429 e. The van der Waals surface area contributed by atoms with Gasteiger partial charge in [0, 0.05) is 0 Å². The fraction of sp³-hybridized carbons (Fsp3) is 0.833. The van der Waals surface area contributed by atoms with Gasteiger partial charge in [-0.3, -0.25) is 4.57 Å². The average molecular weight is 442 g/mol. The summed E-state index contributed by atoms with van der Waals surface area (Å²) in [6.07, 6.45) is -2.73. The Kier molecular flexibility index (Phi) is 8.57. The van der Waals surface area contributed by atoms with Gasteiger partial charge in [0.2, 0.25) is 3.79 Å². The van der Waals surface area contributed by atoms with E-state index in [4.69, 9.17) is 53.3 Å². The van der Waals surface area contributed by atoms with Crippen molar-refractivity contribution in [2.24, 2.45) is 0 Å². The van der Waals surface area contributed by atoms with Crippen LogP contribution >= 0.6 is 42.4 Å². The van der Waals surface area contributed by atoms with Gasteiger partial charge in [-0.1, -0.05) is 34.8 Å². The number of rotatable bonds is 8. The molecule has 146 valence electrons. The number of ether oxygens (including phenoxy) is 2. The minimum atomic E-state index is -3.48. The average Bonchev–Trinajstić information content (AvgIpc) is 2.72. The van der Waals surface area contributed by atoms with Crippen molar-refractivity contribution in [3.63, 3.8) is 0 Å². The van der Waals surface area contributed by atoms with Crippen molar-refractivity contribution in [3.8, 4) is 0 Å². The van der Waals surface area contributed by atoms with E-state index in [1.54, 1.807) is 20.8 Å². The topological polar surface area (TPSA) is 103 Å². The highest BCUT2D eigenvalue weighted by molar-refractivity contribution is 7.53. The van der Waals surface area contributed by atoms with E-state index in [0.717, 1.165) is 5.01 Å². The van der Waals surface area contributed by atoms with Crippen LogP contribution in [-0.4, -0.2) is 59.1 Å². The number of carbonyl (C=O) groups is 2. The zero-order valence-electron chi connectivity index (χ0n) is 13.9. The monoisotopic (exact) mass is 440 g/mol. The summed E-state index contributed by atoms with van der Waals surface area (Å²) in [4.78, 5) is 23.7. The van der Waals surface area contributed by atoms with Crippen LogP contribution in [0.1, 0.15) is 20.8 Å². The van der Waals surface area contributed by atoms with Gasteiger partial charge in [0.15, 0.2) is 0 Å². The van der Waals surface area contributed by atoms with Gasteiger partial charge in [-0.15, -0.1) is 0 Å². The van der Waals surface area contributed by atoms with Gasteiger partial charge in [0.25, 0.3) is 0 Å². The molecular formula is C12H20Cl3N2O7P. The SMILES string of the molecule is CCOP(=O)(C[C@@H]1[C@@H](C)OC(=O)N1NC(=O)OCC(Cl)(Cl)Cl)OCC.